The van der Waals surface area contributed by atoms with Gasteiger partial charge >= 0.3 is 0 Å². The fraction of sp³-hybridized carbons (Fsp3) is 0.733. The predicted octanol–water partition coefficient (Wildman–Crippen LogP) is 3.70. The molecule has 1 heterocycles. The minimum absolute atomic E-state index is 0.298. The molecule has 0 saturated heterocycles. The third-order valence-electron chi connectivity index (χ3n) is 3.61. The fourth-order valence-corrected chi connectivity index (χ4v) is 3.80. The van der Waals surface area contributed by atoms with Gasteiger partial charge in [0.1, 0.15) is 0 Å². The van der Waals surface area contributed by atoms with E-state index in [4.69, 9.17) is 4.74 Å². The predicted molar refractivity (Wildman–Crippen MR) is 78.5 cm³/mol. The van der Waals surface area contributed by atoms with Gasteiger partial charge in [-0.05, 0) is 58.1 Å². The third kappa shape index (κ3) is 3.56. The number of nitrogens with one attached hydrogen (secondary N) is 1. The van der Waals surface area contributed by atoms with Gasteiger partial charge in [0.05, 0.1) is 6.10 Å². The molecule has 1 aliphatic rings. The molecule has 102 valence electrons. The van der Waals surface area contributed by atoms with Crippen molar-refractivity contribution in [1.82, 2.24) is 5.32 Å². The number of aryl methyl sites for hydroxylation is 2. The van der Waals surface area contributed by atoms with Gasteiger partial charge in [-0.3, -0.25) is 0 Å². The summed E-state index contributed by atoms with van der Waals surface area (Å²) in [6.45, 7) is 8.16. The first-order chi connectivity index (χ1) is 8.70. The first-order valence-corrected chi connectivity index (χ1v) is 7.98. The zero-order valence-electron chi connectivity index (χ0n) is 11.8. The highest BCUT2D eigenvalue weighted by atomic mass is 32.1. The SMILES string of the molecule is CCOC(C)CNC(C)c1cc2c(s1)CCCC2. The van der Waals surface area contributed by atoms with E-state index in [-0.39, 0.29) is 0 Å². The quantitative estimate of drug-likeness (QED) is 0.848. The second kappa shape index (κ2) is 6.69. The number of hydrogen-bond acceptors (Lipinski definition) is 3. The number of rotatable bonds is 6. The van der Waals surface area contributed by atoms with E-state index in [1.807, 2.05) is 18.3 Å². The summed E-state index contributed by atoms with van der Waals surface area (Å²) in [4.78, 5) is 3.12. The highest BCUT2D eigenvalue weighted by molar-refractivity contribution is 7.12. The van der Waals surface area contributed by atoms with Gasteiger partial charge in [-0.1, -0.05) is 0 Å². The second-order valence-electron chi connectivity index (χ2n) is 5.20. The highest BCUT2D eigenvalue weighted by Crippen LogP contribution is 2.32. The van der Waals surface area contributed by atoms with Crippen LogP contribution in [-0.2, 0) is 17.6 Å². The summed E-state index contributed by atoms with van der Waals surface area (Å²) < 4.78 is 5.55. The zero-order valence-corrected chi connectivity index (χ0v) is 12.6. The van der Waals surface area contributed by atoms with Crippen LogP contribution in [0.2, 0.25) is 0 Å². The molecule has 0 saturated carbocycles. The van der Waals surface area contributed by atoms with Gasteiger partial charge in [0.2, 0.25) is 0 Å². The van der Waals surface area contributed by atoms with Crippen molar-refractivity contribution in [3.05, 3.63) is 21.4 Å². The number of hydrogen-bond donors (Lipinski definition) is 1. The van der Waals surface area contributed by atoms with E-state index in [2.05, 4.69) is 25.2 Å². The summed E-state index contributed by atoms with van der Waals surface area (Å²) in [5.74, 6) is 0. The number of fused-ring (bicyclic) bond motifs is 1. The van der Waals surface area contributed by atoms with Crippen molar-refractivity contribution in [2.45, 2.75) is 58.6 Å². The van der Waals surface area contributed by atoms with Crippen molar-refractivity contribution >= 4 is 11.3 Å². The van der Waals surface area contributed by atoms with Crippen LogP contribution in [-0.4, -0.2) is 19.3 Å². The summed E-state index contributed by atoms with van der Waals surface area (Å²) in [5, 5.41) is 3.58. The Balaban J connectivity index is 1.88. The lowest BCUT2D eigenvalue weighted by Crippen LogP contribution is -2.28. The molecule has 0 radical (unpaired) electrons. The summed E-state index contributed by atoms with van der Waals surface area (Å²) in [6, 6.07) is 2.87. The molecule has 2 rings (SSSR count). The molecule has 1 aliphatic carbocycles. The molecular weight excluding hydrogens is 242 g/mol. The molecule has 1 N–H and O–H groups in total. The average molecular weight is 267 g/mol. The Hall–Kier alpha value is -0.380. The van der Waals surface area contributed by atoms with Gasteiger partial charge in [-0.25, -0.2) is 0 Å². The Bertz CT molecular complexity index is 351. The topological polar surface area (TPSA) is 21.3 Å². The Morgan fingerprint density at radius 3 is 2.83 bits per heavy atom. The molecular formula is C15H25NOS. The lowest BCUT2D eigenvalue weighted by Gasteiger charge is -2.16. The van der Waals surface area contributed by atoms with Crippen molar-refractivity contribution in [2.24, 2.45) is 0 Å². The Morgan fingerprint density at radius 2 is 2.11 bits per heavy atom. The average Bonchev–Trinajstić information content (AvgIpc) is 2.80. The highest BCUT2D eigenvalue weighted by Gasteiger charge is 2.16. The molecule has 0 aliphatic heterocycles. The molecule has 18 heavy (non-hydrogen) atoms. The van der Waals surface area contributed by atoms with E-state index >= 15 is 0 Å². The van der Waals surface area contributed by atoms with Gasteiger partial charge in [0.25, 0.3) is 0 Å². The Kier molecular flexibility index (Phi) is 5.22. The second-order valence-corrected chi connectivity index (χ2v) is 6.37. The maximum atomic E-state index is 5.55. The van der Waals surface area contributed by atoms with Crippen molar-refractivity contribution in [1.29, 1.82) is 0 Å². The maximum Gasteiger partial charge on any atom is 0.0671 e. The summed E-state index contributed by atoms with van der Waals surface area (Å²) in [5.41, 5.74) is 1.60. The summed E-state index contributed by atoms with van der Waals surface area (Å²) in [6.07, 6.45) is 5.62. The lowest BCUT2D eigenvalue weighted by molar-refractivity contribution is 0.0744. The fourth-order valence-electron chi connectivity index (χ4n) is 2.51. The van der Waals surface area contributed by atoms with Crippen LogP contribution in [0.1, 0.15) is 55.0 Å². The van der Waals surface area contributed by atoms with E-state index in [0.717, 1.165) is 13.2 Å². The van der Waals surface area contributed by atoms with E-state index in [9.17, 15) is 0 Å². The molecule has 0 spiro atoms. The first-order valence-electron chi connectivity index (χ1n) is 7.17. The number of ether oxygens (including phenoxy) is 1. The third-order valence-corrected chi connectivity index (χ3v) is 5.02. The van der Waals surface area contributed by atoms with Gasteiger partial charge in [0.15, 0.2) is 0 Å². The molecule has 0 fully saturated rings. The largest absolute Gasteiger partial charge is 0.377 e. The van der Waals surface area contributed by atoms with E-state index in [0.29, 0.717) is 12.1 Å². The number of thiophene rings is 1. The monoisotopic (exact) mass is 267 g/mol. The summed E-state index contributed by atoms with van der Waals surface area (Å²) in [7, 11) is 0. The van der Waals surface area contributed by atoms with Crippen molar-refractivity contribution in [3.63, 3.8) is 0 Å². The molecule has 0 aromatic carbocycles. The smallest absolute Gasteiger partial charge is 0.0671 e. The van der Waals surface area contributed by atoms with E-state index in [1.54, 1.807) is 10.4 Å². The molecule has 2 nitrogen and oxygen atoms in total. The van der Waals surface area contributed by atoms with Crippen LogP contribution in [0.25, 0.3) is 0 Å². The van der Waals surface area contributed by atoms with Crippen molar-refractivity contribution in [3.8, 4) is 0 Å². The van der Waals surface area contributed by atoms with Crippen molar-refractivity contribution in [2.75, 3.05) is 13.2 Å². The van der Waals surface area contributed by atoms with Gasteiger partial charge in [-0.2, -0.15) is 0 Å². The first kappa shape index (κ1) is 14.0. The molecule has 0 amide bonds. The molecule has 0 bridgehead atoms. The molecule has 3 heteroatoms. The van der Waals surface area contributed by atoms with Crippen LogP contribution >= 0.6 is 11.3 Å². The van der Waals surface area contributed by atoms with E-state index < -0.39 is 0 Å². The van der Waals surface area contributed by atoms with Crippen LogP contribution < -0.4 is 5.32 Å². The van der Waals surface area contributed by atoms with Crippen LogP contribution in [0.5, 0.6) is 0 Å². The minimum Gasteiger partial charge on any atom is -0.377 e. The van der Waals surface area contributed by atoms with Gasteiger partial charge < -0.3 is 10.1 Å². The van der Waals surface area contributed by atoms with Crippen LogP contribution in [0.4, 0.5) is 0 Å². The van der Waals surface area contributed by atoms with Crippen molar-refractivity contribution < 1.29 is 4.74 Å². The van der Waals surface area contributed by atoms with Crippen LogP contribution in [0, 0.1) is 0 Å². The Labute approximate surface area is 115 Å². The van der Waals surface area contributed by atoms with Gasteiger partial charge in [0, 0.05) is 28.9 Å². The standard InChI is InChI=1S/C15H25NOS/c1-4-17-11(2)10-16-12(3)15-9-13-7-5-6-8-14(13)18-15/h9,11-12,16H,4-8,10H2,1-3H3. The molecule has 2 unspecified atom stereocenters. The normalized spacial score (nSPS) is 18.4. The maximum absolute atomic E-state index is 5.55. The lowest BCUT2D eigenvalue weighted by atomic mass is 9.99. The van der Waals surface area contributed by atoms with Crippen LogP contribution in [0.3, 0.4) is 0 Å². The molecule has 2 atom stereocenters. The minimum atomic E-state index is 0.298. The zero-order chi connectivity index (χ0) is 13.0. The van der Waals surface area contributed by atoms with Crippen LogP contribution in [0.15, 0.2) is 6.07 Å². The summed E-state index contributed by atoms with van der Waals surface area (Å²) >= 11 is 2.01. The van der Waals surface area contributed by atoms with Gasteiger partial charge in [-0.15, -0.1) is 11.3 Å². The molecule has 1 aromatic heterocycles. The Morgan fingerprint density at radius 1 is 1.33 bits per heavy atom. The van der Waals surface area contributed by atoms with E-state index in [1.165, 1.54) is 30.6 Å². The molecule has 1 aromatic rings.